The SMILES string of the molecule is C#C[C@H]1C[NH+]2CC[C@H]1C[C@@H]2CNC(=O)c1ccc(C#N)cc1. The van der Waals surface area contributed by atoms with Crippen molar-refractivity contribution < 1.29 is 9.69 Å². The summed E-state index contributed by atoms with van der Waals surface area (Å²) in [4.78, 5) is 13.7. The Hall–Kier alpha value is -2.30. The number of nitrogens with one attached hydrogen (secondary N) is 2. The Kier molecular flexibility index (Phi) is 4.13. The van der Waals surface area contributed by atoms with Crippen LogP contribution >= 0.6 is 0 Å². The molecule has 1 unspecified atom stereocenters. The van der Waals surface area contributed by atoms with E-state index in [0.717, 1.165) is 13.0 Å². The van der Waals surface area contributed by atoms with Crippen molar-refractivity contribution in [3.05, 3.63) is 35.4 Å². The molecule has 2 bridgehead atoms. The zero-order valence-corrected chi connectivity index (χ0v) is 12.5. The highest BCUT2D eigenvalue weighted by atomic mass is 16.1. The zero-order chi connectivity index (χ0) is 15.5. The van der Waals surface area contributed by atoms with E-state index in [1.807, 2.05) is 0 Å². The number of nitriles is 1. The van der Waals surface area contributed by atoms with Crippen LogP contribution in [0.1, 0.15) is 28.8 Å². The van der Waals surface area contributed by atoms with E-state index in [1.165, 1.54) is 17.9 Å². The molecule has 1 aromatic carbocycles. The fraction of sp³-hybridized carbons (Fsp3) is 0.444. The standard InChI is InChI=1S/C18H19N3O/c1-2-14-12-21-8-7-16(14)9-17(21)11-20-18(22)15-5-3-13(10-19)4-6-15/h1,3-6,14,16-17H,7-9,11-12H2,(H,20,22)/p+1/t14-,16-,17+/m0/s1. The van der Waals surface area contributed by atoms with E-state index in [1.54, 1.807) is 24.3 Å². The Bertz CT molecular complexity index is 638. The second-order valence-corrected chi connectivity index (χ2v) is 6.27. The van der Waals surface area contributed by atoms with Crippen molar-refractivity contribution in [1.29, 1.82) is 5.26 Å². The second-order valence-electron chi connectivity index (χ2n) is 6.27. The highest BCUT2D eigenvalue weighted by Crippen LogP contribution is 2.26. The zero-order valence-electron chi connectivity index (χ0n) is 12.5. The summed E-state index contributed by atoms with van der Waals surface area (Å²) in [5, 5.41) is 11.8. The highest BCUT2D eigenvalue weighted by Gasteiger charge is 2.42. The number of quaternary nitrogens is 1. The molecule has 3 heterocycles. The van der Waals surface area contributed by atoms with Gasteiger partial charge in [0.1, 0.15) is 6.04 Å². The Balaban J connectivity index is 1.56. The van der Waals surface area contributed by atoms with E-state index in [-0.39, 0.29) is 5.91 Å². The first-order valence-corrected chi connectivity index (χ1v) is 7.80. The maximum Gasteiger partial charge on any atom is 0.251 e. The maximum absolute atomic E-state index is 12.2. The van der Waals surface area contributed by atoms with E-state index >= 15 is 0 Å². The van der Waals surface area contributed by atoms with E-state index in [0.29, 0.717) is 35.5 Å². The first-order valence-electron chi connectivity index (χ1n) is 7.80. The molecule has 2 N–H and O–H groups in total. The molecule has 4 heteroatoms. The van der Waals surface area contributed by atoms with Gasteiger partial charge in [0.2, 0.25) is 0 Å². The third-order valence-electron chi connectivity index (χ3n) is 5.05. The topological polar surface area (TPSA) is 57.3 Å². The first-order chi connectivity index (χ1) is 10.7. The molecule has 4 rings (SSSR count). The lowest BCUT2D eigenvalue weighted by molar-refractivity contribution is -0.943. The predicted octanol–water partition coefficient (Wildman–Crippen LogP) is 0.215. The summed E-state index contributed by atoms with van der Waals surface area (Å²) < 4.78 is 0. The number of nitrogens with zero attached hydrogens (tertiary/aromatic N) is 1. The Morgan fingerprint density at radius 1 is 1.41 bits per heavy atom. The number of terminal acetylenes is 1. The summed E-state index contributed by atoms with van der Waals surface area (Å²) in [6.45, 7) is 2.90. The fourth-order valence-electron chi connectivity index (χ4n) is 3.74. The number of hydrogen-bond acceptors (Lipinski definition) is 2. The van der Waals surface area contributed by atoms with Crippen LogP contribution in [-0.2, 0) is 0 Å². The Labute approximate surface area is 131 Å². The van der Waals surface area contributed by atoms with Gasteiger partial charge in [0, 0.05) is 18.4 Å². The summed E-state index contributed by atoms with van der Waals surface area (Å²) in [6, 6.07) is 9.27. The van der Waals surface area contributed by atoms with Gasteiger partial charge >= 0.3 is 0 Å². The van der Waals surface area contributed by atoms with Crippen molar-refractivity contribution in [3.8, 4) is 18.4 Å². The largest absolute Gasteiger partial charge is 0.346 e. The molecule has 4 nitrogen and oxygen atoms in total. The molecule has 0 radical (unpaired) electrons. The summed E-state index contributed by atoms with van der Waals surface area (Å²) in [5.41, 5.74) is 1.17. The average Bonchev–Trinajstić information content (AvgIpc) is 2.60. The molecule has 4 atom stereocenters. The van der Waals surface area contributed by atoms with Gasteiger partial charge in [-0.25, -0.2) is 0 Å². The van der Waals surface area contributed by atoms with Gasteiger partial charge in [-0.3, -0.25) is 4.79 Å². The van der Waals surface area contributed by atoms with E-state index in [4.69, 9.17) is 11.7 Å². The maximum atomic E-state index is 12.2. The van der Waals surface area contributed by atoms with Crippen LogP contribution in [-0.4, -0.2) is 31.6 Å². The number of carbonyl (C=O) groups is 1. The molecule has 0 aliphatic carbocycles. The molecule has 0 aromatic heterocycles. The molecule has 112 valence electrons. The van der Waals surface area contributed by atoms with Gasteiger partial charge in [-0.05, 0) is 30.2 Å². The number of piperidine rings is 3. The van der Waals surface area contributed by atoms with E-state index in [9.17, 15) is 4.79 Å². The Morgan fingerprint density at radius 3 is 2.77 bits per heavy atom. The lowest BCUT2D eigenvalue weighted by Crippen LogP contribution is -3.20. The molecule has 3 fully saturated rings. The third-order valence-corrected chi connectivity index (χ3v) is 5.05. The minimum absolute atomic E-state index is 0.0694. The van der Waals surface area contributed by atoms with Crippen LogP contribution in [0.4, 0.5) is 0 Å². The van der Waals surface area contributed by atoms with Crippen molar-refractivity contribution in [2.75, 3.05) is 19.6 Å². The van der Waals surface area contributed by atoms with Crippen LogP contribution in [0.15, 0.2) is 24.3 Å². The first kappa shape index (κ1) is 14.6. The molecule has 22 heavy (non-hydrogen) atoms. The number of amides is 1. The lowest BCUT2D eigenvalue weighted by atomic mass is 9.76. The highest BCUT2D eigenvalue weighted by molar-refractivity contribution is 5.94. The molecule has 0 saturated carbocycles. The van der Waals surface area contributed by atoms with Crippen molar-refractivity contribution in [1.82, 2.24) is 5.32 Å². The van der Waals surface area contributed by atoms with Crippen LogP contribution < -0.4 is 10.2 Å². The van der Waals surface area contributed by atoms with Gasteiger partial charge in [0.25, 0.3) is 5.91 Å². The summed E-state index contributed by atoms with van der Waals surface area (Å²) in [5.74, 6) is 3.89. The van der Waals surface area contributed by atoms with Gasteiger partial charge in [-0.1, -0.05) is 5.92 Å². The van der Waals surface area contributed by atoms with Crippen LogP contribution in [0.5, 0.6) is 0 Å². The van der Waals surface area contributed by atoms with Gasteiger partial charge < -0.3 is 10.2 Å². The van der Waals surface area contributed by atoms with Crippen LogP contribution in [0.25, 0.3) is 0 Å². The Morgan fingerprint density at radius 2 is 2.18 bits per heavy atom. The predicted molar refractivity (Wildman–Crippen MR) is 83.0 cm³/mol. The average molecular weight is 294 g/mol. The van der Waals surface area contributed by atoms with Crippen LogP contribution in [0.3, 0.4) is 0 Å². The smallest absolute Gasteiger partial charge is 0.251 e. The molecule has 1 aromatic rings. The molecular formula is C18H20N3O+. The number of benzene rings is 1. The van der Waals surface area contributed by atoms with Gasteiger partial charge in [-0.15, -0.1) is 6.42 Å². The van der Waals surface area contributed by atoms with Crippen LogP contribution in [0, 0.1) is 35.5 Å². The van der Waals surface area contributed by atoms with E-state index in [2.05, 4.69) is 17.3 Å². The van der Waals surface area contributed by atoms with E-state index < -0.39 is 0 Å². The summed E-state index contributed by atoms with van der Waals surface area (Å²) in [7, 11) is 0. The van der Waals surface area contributed by atoms with Gasteiger partial charge in [-0.2, -0.15) is 5.26 Å². The lowest BCUT2D eigenvalue weighted by Gasteiger charge is -2.45. The number of rotatable bonds is 3. The second kappa shape index (κ2) is 6.22. The normalized spacial score (nSPS) is 29.4. The fourth-order valence-corrected chi connectivity index (χ4v) is 3.74. The number of fused-ring (bicyclic) bond motifs is 3. The quantitative estimate of drug-likeness (QED) is 0.783. The van der Waals surface area contributed by atoms with Crippen molar-refractivity contribution >= 4 is 5.91 Å². The molecule has 3 aliphatic heterocycles. The third kappa shape index (κ3) is 2.84. The molecule has 3 aliphatic rings. The van der Waals surface area contributed by atoms with Gasteiger partial charge in [0.15, 0.2) is 0 Å². The summed E-state index contributed by atoms with van der Waals surface area (Å²) in [6.07, 6.45) is 7.92. The number of hydrogen-bond donors (Lipinski definition) is 2. The minimum Gasteiger partial charge on any atom is -0.346 e. The van der Waals surface area contributed by atoms with Crippen molar-refractivity contribution in [2.45, 2.75) is 18.9 Å². The molecule has 3 saturated heterocycles. The molecule has 0 spiro atoms. The molecular weight excluding hydrogens is 274 g/mol. The molecule has 1 amide bonds. The summed E-state index contributed by atoms with van der Waals surface area (Å²) >= 11 is 0. The number of carbonyl (C=O) groups excluding carboxylic acids is 1. The van der Waals surface area contributed by atoms with Crippen molar-refractivity contribution in [3.63, 3.8) is 0 Å². The monoisotopic (exact) mass is 294 g/mol. The van der Waals surface area contributed by atoms with Gasteiger partial charge in [0.05, 0.1) is 37.2 Å². The van der Waals surface area contributed by atoms with Crippen molar-refractivity contribution in [2.24, 2.45) is 11.8 Å². The minimum atomic E-state index is -0.0694. The van der Waals surface area contributed by atoms with Crippen LogP contribution in [0.2, 0.25) is 0 Å².